The molecule has 2 rings (SSSR count). The largest absolute Gasteiger partial charge is 0.424 e. The molecule has 2 aromatic rings. The van der Waals surface area contributed by atoms with Crippen molar-refractivity contribution in [2.75, 3.05) is 0 Å². The van der Waals surface area contributed by atoms with E-state index in [9.17, 15) is 15.0 Å². The van der Waals surface area contributed by atoms with Crippen LogP contribution in [0.15, 0.2) is 45.6 Å². The van der Waals surface area contributed by atoms with Gasteiger partial charge in [0.1, 0.15) is 11.4 Å². The summed E-state index contributed by atoms with van der Waals surface area (Å²) >= 11 is 0. The van der Waals surface area contributed by atoms with Crippen LogP contribution in [0.2, 0.25) is 0 Å². The van der Waals surface area contributed by atoms with E-state index in [2.05, 4.69) is 0 Å². The minimum absolute atomic E-state index is 0.0830. The Morgan fingerprint density at radius 3 is 2.00 bits per heavy atom. The van der Waals surface area contributed by atoms with E-state index in [4.69, 9.17) is 4.42 Å². The van der Waals surface area contributed by atoms with Gasteiger partial charge in [0.15, 0.2) is 0 Å². The Hall–Kier alpha value is -1.91. The second-order valence-electron chi connectivity index (χ2n) is 6.17. The first-order chi connectivity index (χ1) is 9.60. The van der Waals surface area contributed by atoms with Crippen molar-refractivity contribution in [2.24, 2.45) is 0 Å². The van der Waals surface area contributed by atoms with Crippen molar-refractivity contribution in [3.05, 3.63) is 58.1 Å². The maximum absolute atomic E-state index is 12.2. The van der Waals surface area contributed by atoms with Crippen LogP contribution in [-0.4, -0.2) is 10.2 Å². The van der Waals surface area contributed by atoms with Gasteiger partial charge in [-0.05, 0) is 39.3 Å². The van der Waals surface area contributed by atoms with Crippen LogP contribution in [0.1, 0.15) is 39.0 Å². The first-order valence-electron chi connectivity index (χ1n) is 6.80. The van der Waals surface area contributed by atoms with Crippen molar-refractivity contribution in [1.82, 2.24) is 0 Å². The van der Waals surface area contributed by atoms with Gasteiger partial charge in [0.25, 0.3) is 0 Å². The van der Waals surface area contributed by atoms with E-state index in [1.165, 1.54) is 13.8 Å². The highest BCUT2D eigenvalue weighted by atomic mass is 16.4. The van der Waals surface area contributed by atoms with Crippen LogP contribution in [-0.2, 0) is 11.2 Å². The molecule has 0 atom stereocenters. The van der Waals surface area contributed by atoms with E-state index in [0.29, 0.717) is 16.7 Å². The zero-order valence-corrected chi connectivity index (χ0v) is 12.7. The Morgan fingerprint density at radius 1 is 0.952 bits per heavy atom. The molecule has 0 saturated heterocycles. The predicted molar refractivity (Wildman–Crippen MR) is 80.9 cm³/mol. The quantitative estimate of drug-likeness (QED) is 0.911. The van der Waals surface area contributed by atoms with Crippen LogP contribution in [0.3, 0.4) is 0 Å². The summed E-state index contributed by atoms with van der Waals surface area (Å²) < 4.78 is 5.32. The third-order valence-corrected chi connectivity index (χ3v) is 3.25. The van der Waals surface area contributed by atoms with Crippen molar-refractivity contribution in [3.63, 3.8) is 0 Å². The summed E-state index contributed by atoms with van der Waals surface area (Å²) in [5.74, 6) is 0.0830. The van der Waals surface area contributed by atoms with Gasteiger partial charge in [0.05, 0.1) is 11.2 Å². The Bertz CT molecular complexity index is 685. The first kappa shape index (κ1) is 15.5. The molecule has 4 nitrogen and oxygen atoms in total. The molecule has 1 heterocycles. The van der Waals surface area contributed by atoms with Crippen LogP contribution in [0.5, 0.6) is 0 Å². The highest BCUT2D eigenvalue weighted by molar-refractivity contribution is 5.63. The van der Waals surface area contributed by atoms with E-state index in [-0.39, 0.29) is 5.76 Å². The minimum atomic E-state index is -1.36. The lowest BCUT2D eigenvalue weighted by Crippen LogP contribution is -2.28. The standard InChI is InChI=1S/C17H20O4/c1-16(2,19)13-10-12(11-8-6-5-7-9-11)15(18)21-14(13)17(3,4)20/h5-10,19-20H,1-4H3. The molecule has 4 heteroatoms. The molecular weight excluding hydrogens is 268 g/mol. The average molecular weight is 288 g/mol. The fourth-order valence-electron chi connectivity index (χ4n) is 2.20. The molecule has 0 aliphatic rings. The Labute approximate surface area is 123 Å². The number of rotatable bonds is 3. The van der Waals surface area contributed by atoms with Gasteiger partial charge in [0.2, 0.25) is 0 Å². The van der Waals surface area contributed by atoms with Gasteiger partial charge in [-0.15, -0.1) is 0 Å². The molecule has 0 amide bonds. The maximum Gasteiger partial charge on any atom is 0.343 e. The van der Waals surface area contributed by atoms with Gasteiger partial charge in [-0.25, -0.2) is 4.79 Å². The lowest BCUT2D eigenvalue weighted by atomic mass is 9.89. The van der Waals surface area contributed by atoms with E-state index in [1.807, 2.05) is 18.2 Å². The predicted octanol–water partition coefficient (Wildman–Crippen LogP) is 2.76. The molecule has 1 aromatic carbocycles. The molecule has 0 aliphatic carbocycles. The fraction of sp³-hybridized carbons (Fsp3) is 0.353. The molecule has 0 fully saturated rings. The smallest absolute Gasteiger partial charge is 0.343 e. The summed E-state index contributed by atoms with van der Waals surface area (Å²) in [6.07, 6.45) is 0. The monoisotopic (exact) mass is 288 g/mol. The zero-order valence-electron chi connectivity index (χ0n) is 12.7. The molecule has 0 unspecified atom stereocenters. The Kier molecular flexibility index (Phi) is 3.78. The second kappa shape index (κ2) is 5.13. The fourth-order valence-corrected chi connectivity index (χ4v) is 2.20. The van der Waals surface area contributed by atoms with Gasteiger partial charge >= 0.3 is 5.63 Å². The minimum Gasteiger partial charge on any atom is -0.424 e. The summed E-state index contributed by atoms with van der Waals surface area (Å²) in [6.45, 7) is 6.21. The molecule has 0 saturated carbocycles. The summed E-state index contributed by atoms with van der Waals surface area (Å²) in [5, 5.41) is 20.5. The van der Waals surface area contributed by atoms with Crippen LogP contribution in [0, 0.1) is 0 Å². The molecular formula is C17H20O4. The van der Waals surface area contributed by atoms with Crippen LogP contribution < -0.4 is 5.63 Å². The van der Waals surface area contributed by atoms with Crippen molar-refractivity contribution in [3.8, 4) is 11.1 Å². The summed E-state index contributed by atoms with van der Waals surface area (Å²) in [7, 11) is 0. The van der Waals surface area contributed by atoms with E-state index in [1.54, 1.807) is 32.0 Å². The molecule has 0 bridgehead atoms. The summed E-state index contributed by atoms with van der Waals surface area (Å²) in [5.41, 5.74) is -1.67. The molecule has 21 heavy (non-hydrogen) atoms. The van der Waals surface area contributed by atoms with Crippen molar-refractivity contribution < 1.29 is 14.6 Å². The first-order valence-corrected chi connectivity index (χ1v) is 6.80. The Morgan fingerprint density at radius 2 is 1.52 bits per heavy atom. The zero-order chi connectivity index (χ0) is 15.8. The molecule has 1 aromatic heterocycles. The van der Waals surface area contributed by atoms with Gasteiger partial charge in [-0.2, -0.15) is 0 Å². The lowest BCUT2D eigenvalue weighted by Gasteiger charge is -2.26. The number of benzene rings is 1. The number of aliphatic hydroxyl groups is 2. The van der Waals surface area contributed by atoms with Gasteiger partial charge in [-0.3, -0.25) is 0 Å². The third-order valence-electron chi connectivity index (χ3n) is 3.25. The van der Waals surface area contributed by atoms with Crippen LogP contribution in [0.4, 0.5) is 0 Å². The molecule has 112 valence electrons. The van der Waals surface area contributed by atoms with E-state index >= 15 is 0 Å². The van der Waals surface area contributed by atoms with Crippen molar-refractivity contribution in [1.29, 1.82) is 0 Å². The van der Waals surface area contributed by atoms with Gasteiger partial charge < -0.3 is 14.6 Å². The van der Waals surface area contributed by atoms with Crippen LogP contribution in [0.25, 0.3) is 11.1 Å². The SMILES string of the molecule is CC(C)(O)c1cc(-c2ccccc2)c(=O)oc1C(C)(C)O. The van der Waals surface area contributed by atoms with Crippen LogP contribution >= 0.6 is 0 Å². The summed E-state index contributed by atoms with van der Waals surface area (Å²) in [4.78, 5) is 12.2. The normalized spacial score (nSPS) is 12.5. The molecule has 0 radical (unpaired) electrons. The Balaban J connectivity index is 2.76. The summed E-state index contributed by atoms with van der Waals surface area (Å²) in [6, 6.07) is 10.7. The molecule has 2 N–H and O–H groups in total. The van der Waals surface area contributed by atoms with Crippen molar-refractivity contribution in [2.45, 2.75) is 38.9 Å². The second-order valence-corrected chi connectivity index (χ2v) is 6.17. The van der Waals surface area contributed by atoms with Gasteiger partial charge in [0, 0.05) is 5.56 Å². The van der Waals surface area contributed by atoms with E-state index < -0.39 is 16.8 Å². The third kappa shape index (κ3) is 3.23. The molecule has 0 spiro atoms. The van der Waals surface area contributed by atoms with E-state index in [0.717, 1.165) is 0 Å². The highest BCUT2D eigenvalue weighted by Crippen LogP contribution is 2.32. The number of hydrogen-bond acceptors (Lipinski definition) is 4. The topological polar surface area (TPSA) is 70.7 Å². The lowest BCUT2D eigenvalue weighted by molar-refractivity contribution is 0.0293. The number of hydrogen-bond donors (Lipinski definition) is 2. The molecule has 0 aliphatic heterocycles. The van der Waals surface area contributed by atoms with Gasteiger partial charge in [-0.1, -0.05) is 30.3 Å². The van der Waals surface area contributed by atoms with Crippen molar-refractivity contribution >= 4 is 0 Å². The maximum atomic E-state index is 12.2. The highest BCUT2D eigenvalue weighted by Gasteiger charge is 2.32. The average Bonchev–Trinajstić information content (AvgIpc) is 2.37.